The van der Waals surface area contributed by atoms with E-state index in [9.17, 15) is 0 Å². The van der Waals surface area contributed by atoms with E-state index in [-0.39, 0.29) is 4.75 Å². The monoisotopic (exact) mass is 367 g/mol. The van der Waals surface area contributed by atoms with Gasteiger partial charge in [0.15, 0.2) is 17.5 Å². The van der Waals surface area contributed by atoms with Crippen molar-refractivity contribution in [3.63, 3.8) is 0 Å². The van der Waals surface area contributed by atoms with Crippen molar-refractivity contribution in [1.82, 2.24) is 5.32 Å². The molecule has 1 fully saturated rings. The highest BCUT2D eigenvalue weighted by molar-refractivity contribution is 8.00. The van der Waals surface area contributed by atoms with Gasteiger partial charge in [-0.3, -0.25) is 4.99 Å². The molecular weight excluding hydrogens is 338 g/mol. The average Bonchev–Trinajstić information content (AvgIpc) is 2.66. The van der Waals surface area contributed by atoms with Crippen molar-refractivity contribution in [2.75, 3.05) is 52.1 Å². The minimum Gasteiger partial charge on any atom is -0.493 e. The Kier molecular flexibility index (Phi) is 7.71. The molecule has 6 nitrogen and oxygen atoms in total. The molecule has 0 radical (unpaired) electrons. The molecule has 0 aromatic heterocycles. The summed E-state index contributed by atoms with van der Waals surface area (Å²) in [5.74, 6) is 2.18. The topological polar surface area (TPSA) is 64.1 Å². The molecule has 2 rings (SSSR count). The Labute approximate surface area is 154 Å². The van der Waals surface area contributed by atoms with Crippen LogP contribution in [0.1, 0.15) is 19.8 Å². The number of rotatable bonds is 7. The van der Waals surface area contributed by atoms with Crippen LogP contribution in [0.3, 0.4) is 0 Å². The number of ether oxygens (including phenoxy) is 3. The van der Waals surface area contributed by atoms with E-state index in [2.05, 4.69) is 21.9 Å². The third-order valence-electron chi connectivity index (χ3n) is 4.36. The Bertz CT molecular complexity index is 575. The first-order valence-electron chi connectivity index (χ1n) is 8.58. The lowest BCUT2D eigenvalue weighted by molar-refractivity contribution is 0.0783. The quantitative estimate of drug-likeness (QED) is 0.571. The molecule has 25 heavy (non-hydrogen) atoms. The highest BCUT2D eigenvalue weighted by atomic mass is 32.2. The van der Waals surface area contributed by atoms with Crippen molar-refractivity contribution < 1.29 is 14.2 Å². The largest absolute Gasteiger partial charge is 0.493 e. The minimum absolute atomic E-state index is 0.201. The molecule has 1 aliphatic heterocycles. The molecule has 0 aliphatic carbocycles. The van der Waals surface area contributed by atoms with Gasteiger partial charge in [-0.1, -0.05) is 0 Å². The fraction of sp³-hybridized carbons (Fsp3) is 0.611. The lowest BCUT2D eigenvalue weighted by atomic mass is 9.99. The highest BCUT2D eigenvalue weighted by Crippen LogP contribution is 2.33. The van der Waals surface area contributed by atoms with Gasteiger partial charge in [0.1, 0.15) is 0 Å². The average molecular weight is 368 g/mol. The lowest BCUT2D eigenvalue weighted by Crippen LogP contribution is -2.45. The Hall–Kier alpha value is -1.60. The molecule has 2 N–H and O–H groups in total. The van der Waals surface area contributed by atoms with Gasteiger partial charge < -0.3 is 24.8 Å². The zero-order valence-electron chi connectivity index (χ0n) is 15.6. The van der Waals surface area contributed by atoms with E-state index in [0.717, 1.165) is 55.7 Å². The van der Waals surface area contributed by atoms with Gasteiger partial charge in [-0.25, -0.2) is 0 Å². The molecule has 0 saturated carbocycles. The zero-order chi connectivity index (χ0) is 18.1. The first-order valence-corrected chi connectivity index (χ1v) is 9.80. The van der Waals surface area contributed by atoms with Crippen LogP contribution >= 0.6 is 11.8 Å². The second kappa shape index (κ2) is 9.77. The van der Waals surface area contributed by atoms with Gasteiger partial charge in [-0.15, -0.1) is 0 Å². The number of guanidine groups is 1. The second-order valence-electron chi connectivity index (χ2n) is 5.85. The molecule has 0 spiro atoms. The van der Waals surface area contributed by atoms with E-state index < -0.39 is 0 Å². The van der Waals surface area contributed by atoms with Crippen molar-refractivity contribution >= 4 is 23.4 Å². The smallest absolute Gasteiger partial charge is 0.195 e. The second-order valence-corrected chi connectivity index (χ2v) is 7.12. The number of benzene rings is 1. The van der Waals surface area contributed by atoms with E-state index in [1.807, 2.05) is 36.9 Å². The number of nitrogens with zero attached hydrogens (tertiary/aromatic N) is 1. The summed E-state index contributed by atoms with van der Waals surface area (Å²) >= 11 is 1.90. The number of hydrogen-bond acceptors (Lipinski definition) is 5. The van der Waals surface area contributed by atoms with Crippen molar-refractivity contribution in [3.05, 3.63) is 18.2 Å². The molecule has 1 aromatic carbocycles. The van der Waals surface area contributed by atoms with Gasteiger partial charge in [0.25, 0.3) is 0 Å². The van der Waals surface area contributed by atoms with Crippen LogP contribution in [0, 0.1) is 0 Å². The van der Waals surface area contributed by atoms with Crippen LogP contribution in [0.15, 0.2) is 23.2 Å². The normalized spacial score (nSPS) is 17.0. The van der Waals surface area contributed by atoms with Crippen LogP contribution in [0.4, 0.5) is 5.69 Å². The molecule has 0 amide bonds. The van der Waals surface area contributed by atoms with Crippen LogP contribution in [-0.4, -0.2) is 57.5 Å². The molecule has 0 bridgehead atoms. The van der Waals surface area contributed by atoms with Crippen LogP contribution in [0.5, 0.6) is 11.5 Å². The van der Waals surface area contributed by atoms with E-state index >= 15 is 0 Å². The third-order valence-corrected chi connectivity index (χ3v) is 5.78. The van der Waals surface area contributed by atoms with Crippen molar-refractivity contribution in [2.45, 2.75) is 24.5 Å². The number of methoxy groups -OCH3 is 1. The Morgan fingerprint density at radius 3 is 2.68 bits per heavy atom. The summed E-state index contributed by atoms with van der Waals surface area (Å²) in [6.45, 7) is 5.04. The van der Waals surface area contributed by atoms with Gasteiger partial charge in [0.2, 0.25) is 0 Å². The van der Waals surface area contributed by atoms with Gasteiger partial charge in [0, 0.05) is 43.3 Å². The molecule has 1 heterocycles. The van der Waals surface area contributed by atoms with Gasteiger partial charge >= 0.3 is 0 Å². The molecule has 0 atom stereocenters. The Balaban J connectivity index is 2.00. The zero-order valence-corrected chi connectivity index (χ0v) is 16.4. The maximum atomic E-state index is 5.63. The predicted octanol–water partition coefficient (Wildman–Crippen LogP) is 2.99. The summed E-state index contributed by atoms with van der Waals surface area (Å²) in [7, 11) is 3.42. The predicted molar refractivity (Wildman–Crippen MR) is 105 cm³/mol. The van der Waals surface area contributed by atoms with E-state index in [0.29, 0.717) is 6.61 Å². The van der Waals surface area contributed by atoms with Crippen molar-refractivity contribution in [1.29, 1.82) is 0 Å². The summed E-state index contributed by atoms with van der Waals surface area (Å²) in [5, 5.41) is 6.77. The number of hydrogen-bond donors (Lipinski definition) is 2. The van der Waals surface area contributed by atoms with E-state index in [1.54, 1.807) is 14.2 Å². The van der Waals surface area contributed by atoms with Crippen LogP contribution in [-0.2, 0) is 4.74 Å². The first-order chi connectivity index (χ1) is 12.2. The fourth-order valence-electron chi connectivity index (χ4n) is 2.78. The molecular formula is C18H29N3O3S. The maximum Gasteiger partial charge on any atom is 0.195 e. The number of aliphatic imine (C=N–C) groups is 1. The SMILES string of the molecule is CCOc1cc(NC(=NC)NCC2(SC)CCOCC2)ccc1OC. The van der Waals surface area contributed by atoms with E-state index in [1.165, 1.54) is 0 Å². The van der Waals surface area contributed by atoms with Crippen LogP contribution in [0.25, 0.3) is 0 Å². The highest BCUT2D eigenvalue weighted by Gasteiger charge is 2.31. The van der Waals surface area contributed by atoms with Crippen molar-refractivity contribution in [3.8, 4) is 11.5 Å². The number of thioether (sulfide) groups is 1. The molecule has 1 saturated heterocycles. The summed E-state index contributed by atoms with van der Waals surface area (Å²) in [6.07, 6.45) is 4.27. The van der Waals surface area contributed by atoms with E-state index in [4.69, 9.17) is 14.2 Å². The third kappa shape index (κ3) is 5.44. The summed E-state index contributed by atoms with van der Waals surface area (Å²) in [5.41, 5.74) is 0.905. The van der Waals surface area contributed by atoms with Gasteiger partial charge in [-0.2, -0.15) is 11.8 Å². The number of anilines is 1. The first kappa shape index (κ1) is 19.7. The maximum absolute atomic E-state index is 5.63. The molecule has 0 unspecified atom stereocenters. The van der Waals surface area contributed by atoms with Crippen LogP contribution in [0.2, 0.25) is 0 Å². The van der Waals surface area contributed by atoms with Crippen molar-refractivity contribution in [2.24, 2.45) is 4.99 Å². The summed E-state index contributed by atoms with van der Waals surface area (Å²) in [4.78, 5) is 4.33. The van der Waals surface area contributed by atoms with Gasteiger partial charge in [0.05, 0.1) is 13.7 Å². The molecule has 7 heteroatoms. The minimum atomic E-state index is 0.201. The Morgan fingerprint density at radius 1 is 1.32 bits per heavy atom. The summed E-state index contributed by atoms with van der Waals surface area (Å²) in [6, 6.07) is 5.77. The van der Waals surface area contributed by atoms with Crippen LogP contribution < -0.4 is 20.1 Å². The molecule has 1 aliphatic rings. The molecule has 140 valence electrons. The standard InChI is InChI=1S/C18H29N3O3S/c1-5-24-16-12-14(6-7-15(16)22-3)21-17(19-2)20-13-18(25-4)8-10-23-11-9-18/h6-7,12H,5,8-11,13H2,1-4H3,(H2,19,20,21). The fourth-order valence-corrected chi connectivity index (χ4v) is 3.57. The van der Waals surface area contributed by atoms with Gasteiger partial charge in [-0.05, 0) is 38.2 Å². The number of nitrogens with one attached hydrogen (secondary N) is 2. The molecule has 1 aromatic rings. The lowest BCUT2D eigenvalue weighted by Gasteiger charge is -2.36. The summed E-state index contributed by atoms with van der Waals surface area (Å²) < 4.78 is 16.7. The Morgan fingerprint density at radius 2 is 2.08 bits per heavy atom.